The van der Waals surface area contributed by atoms with E-state index in [2.05, 4.69) is 20.9 Å². The molecule has 0 saturated heterocycles. The lowest BCUT2D eigenvalue weighted by Gasteiger charge is -2.12. The van der Waals surface area contributed by atoms with E-state index in [1.807, 2.05) is 6.92 Å². The molecule has 0 atom stereocenters. The number of nitrogens with one attached hydrogen (secondary N) is 3. The van der Waals surface area contributed by atoms with E-state index in [0.717, 1.165) is 25.0 Å². The van der Waals surface area contributed by atoms with Gasteiger partial charge in [-0.2, -0.15) is 0 Å². The Labute approximate surface area is 136 Å². The largest absolute Gasteiger partial charge is 0.357 e. The number of hydrogen-bond acceptors (Lipinski definition) is 2. The Balaban J connectivity index is 1.73. The van der Waals surface area contributed by atoms with E-state index >= 15 is 0 Å². The third kappa shape index (κ3) is 5.88. The molecule has 0 heterocycles. The summed E-state index contributed by atoms with van der Waals surface area (Å²) in [5.41, 5.74) is 0.868. The van der Waals surface area contributed by atoms with Crippen LogP contribution in [-0.4, -0.2) is 38.0 Å². The first-order valence-corrected chi connectivity index (χ1v) is 8.16. The van der Waals surface area contributed by atoms with Crippen molar-refractivity contribution < 1.29 is 9.18 Å². The van der Waals surface area contributed by atoms with Crippen LogP contribution in [0.2, 0.25) is 0 Å². The molecule has 1 aliphatic carbocycles. The fourth-order valence-electron chi connectivity index (χ4n) is 2.06. The van der Waals surface area contributed by atoms with Crippen LogP contribution in [0.5, 0.6) is 0 Å². The Kier molecular flexibility index (Phi) is 6.38. The molecule has 1 fully saturated rings. The normalized spacial score (nSPS) is 14.5. The molecule has 0 spiro atoms. The standard InChI is InChI=1S/C17H25FN4O/c1-3-19-17(22-11-13-5-6-13)21-9-8-20-16(23)14-7-4-12(2)15(18)10-14/h4,7,10,13H,3,5-6,8-9,11H2,1-2H3,(H,20,23)(H2,19,21,22). The van der Waals surface area contributed by atoms with Crippen molar-refractivity contribution in [2.45, 2.75) is 26.7 Å². The van der Waals surface area contributed by atoms with Crippen LogP contribution in [0.4, 0.5) is 4.39 Å². The van der Waals surface area contributed by atoms with Crippen molar-refractivity contribution >= 4 is 11.9 Å². The van der Waals surface area contributed by atoms with Crippen LogP contribution in [0, 0.1) is 18.7 Å². The van der Waals surface area contributed by atoms with Crippen molar-refractivity contribution in [1.29, 1.82) is 0 Å². The van der Waals surface area contributed by atoms with Gasteiger partial charge in [-0.15, -0.1) is 0 Å². The van der Waals surface area contributed by atoms with E-state index < -0.39 is 0 Å². The molecule has 0 radical (unpaired) electrons. The minimum absolute atomic E-state index is 0.273. The predicted molar refractivity (Wildman–Crippen MR) is 90.2 cm³/mol. The maximum Gasteiger partial charge on any atom is 0.251 e. The molecule has 1 aromatic rings. The Bertz CT molecular complexity index is 570. The Hall–Kier alpha value is -2.11. The van der Waals surface area contributed by atoms with Crippen molar-refractivity contribution in [1.82, 2.24) is 16.0 Å². The highest BCUT2D eigenvalue weighted by Crippen LogP contribution is 2.28. The van der Waals surface area contributed by atoms with E-state index in [0.29, 0.717) is 24.2 Å². The zero-order chi connectivity index (χ0) is 16.7. The van der Waals surface area contributed by atoms with Gasteiger partial charge in [-0.3, -0.25) is 9.79 Å². The monoisotopic (exact) mass is 320 g/mol. The lowest BCUT2D eigenvalue weighted by molar-refractivity contribution is 0.0954. The third-order valence-electron chi connectivity index (χ3n) is 3.69. The molecule has 23 heavy (non-hydrogen) atoms. The van der Waals surface area contributed by atoms with Gasteiger partial charge in [0.1, 0.15) is 5.82 Å². The molecule has 0 aliphatic heterocycles. The second-order valence-corrected chi connectivity index (χ2v) is 5.81. The fourth-order valence-corrected chi connectivity index (χ4v) is 2.06. The maximum atomic E-state index is 13.5. The summed E-state index contributed by atoms with van der Waals surface area (Å²) in [6.45, 7) is 6.35. The summed E-state index contributed by atoms with van der Waals surface area (Å²) in [5, 5.41) is 9.13. The third-order valence-corrected chi connectivity index (χ3v) is 3.69. The van der Waals surface area contributed by atoms with Crippen LogP contribution >= 0.6 is 0 Å². The highest BCUT2D eigenvalue weighted by molar-refractivity contribution is 5.94. The second kappa shape index (κ2) is 8.50. The summed E-state index contributed by atoms with van der Waals surface area (Å²) in [4.78, 5) is 16.5. The van der Waals surface area contributed by atoms with Crippen LogP contribution < -0.4 is 16.0 Å². The van der Waals surface area contributed by atoms with Crippen molar-refractivity contribution in [3.05, 3.63) is 35.1 Å². The molecule has 0 aromatic heterocycles. The SMILES string of the molecule is CCNC(=NCC1CC1)NCCNC(=O)c1ccc(C)c(F)c1. The number of aryl methyl sites for hydroxylation is 1. The molecule has 0 unspecified atom stereocenters. The van der Waals surface area contributed by atoms with Crippen molar-refractivity contribution in [3.8, 4) is 0 Å². The molecule has 0 bridgehead atoms. The predicted octanol–water partition coefficient (Wildman–Crippen LogP) is 1.83. The number of halogens is 1. The number of aliphatic imine (C=N–C) groups is 1. The molecule has 126 valence electrons. The molecule has 1 saturated carbocycles. The van der Waals surface area contributed by atoms with Crippen molar-refractivity contribution in [3.63, 3.8) is 0 Å². The number of benzene rings is 1. The molecule has 2 rings (SSSR count). The van der Waals surface area contributed by atoms with Crippen LogP contribution in [-0.2, 0) is 0 Å². The summed E-state index contributed by atoms with van der Waals surface area (Å²) < 4.78 is 13.5. The zero-order valence-corrected chi connectivity index (χ0v) is 13.8. The number of nitrogens with zero attached hydrogens (tertiary/aromatic N) is 1. The van der Waals surface area contributed by atoms with Gasteiger partial charge in [0.25, 0.3) is 5.91 Å². The molecule has 1 aliphatic rings. The summed E-state index contributed by atoms with van der Waals surface area (Å²) in [6, 6.07) is 4.50. The minimum atomic E-state index is -0.364. The average Bonchev–Trinajstić information content (AvgIpc) is 3.35. The first-order chi connectivity index (χ1) is 11.1. The maximum absolute atomic E-state index is 13.5. The second-order valence-electron chi connectivity index (χ2n) is 5.81. The molecule has 1 aromatic carbocycles. The fraction of sp³-hybridized carbons (Fsp3) is 0.529. The van der Waals surface area contributed by atoms with Crippen LogP contribution in [0.3, 0.4) is 0 Å². The van der Waals surface area contributed by atoms with Crippen molar-refractivity contribution in [2.75, 3.05) is 26.2 Å². The number of carbonyl (C=O) groups excluding carboxylic acids is 1. The molecule has 5 nitrogen and oxygen atoms in total. The van der Waals surface area contributed by atoms with Gasteiger partial charge in [0, 0.05) is 31.7 Å². The first-order valence-electron chi connectivity index (χ1n) is 8.16. The Morgan fingerprint density at radius 1 is 1.26 bits per heavy atom. The smallest absolute Gasteiger partial charge is 0.251 e. The summed E-state index contributed by atoms with van der Waals surface area (Å²) in [5.74, 6) is 0.875. The van der Waals surface area contributed by atoms with E-state index in [1.54, 1.807) is 19.1 Å². The van der Waals surface area contributed by atoms with Crippen LogP contribution in [0.15, 0.2) is 23.2 Å². The zero-order valence-electron chi connectivity index (χ0n) is 13.8. The highest BCUT2D eigenvalue weighted by atomic mass is 19.1. The number of amides is 1. The van der Waals surface area contributed by atoms with Crippen LogP contribution in [0.25, 0.3) is 0 Å². The molecular formula is C17H25FN4O. The molecular weight excluding hydrogens is 295 g/mol. The van der Waals surface area contributed by atoms with E-state index in [4.69, 9.17) is 0 Å². The average molecular weight is 320 g/mol. The number of carbonyl (C=O) groups is 1. The molecule has 3 N–H and O–H groups in total. The summed E-state index contributed by atoms with van der Waals surface area (Å²) in [7, 11) is 0. The summed E-state index contributed by atoms with van der Waals surface area (Å²) in [6.07, 6.45) is 2.54. The Morgan fingerprint density at radius 3 is 2.65 bits per heavy atom. The molecule has 1 amide bonds. The first kappa shape index (κ1) is 17.2. The van der Waals surface area contributed by atoms with Gasteiger partial charge in [-0.25, -0.2) is 4.39 Å². The van der Waals surface area contributed by atoms with Crippen molar-refractivity contribution in [2.24, 2.45) is 10.9 Å². The lowest BCUT2D eigenvalue weighted by atomic mass is 10.1. The number of rotatable bonds is 7. The number of guanidine groups is 1. The Morgan fingerprint density at radius 2 is 2.00 bits per heavy atom. The van der Waals surface area contributed by atoms with Gasteiger partial charge in [0.05, 0.1) is 0 Å². The van der Waals surface area contributed by atoms with Gasteiger partial charge in [0.2, 0.25) is 0 Å². The van der Waals surface area contributed by atoms with Gasteiger partial charge in [-0.1, -0.05) is 6.07 Å². The van der Waals surface area contributed by atoms with Gasteiger partial charge < -0.3 is 16.0 Å². The summed E-state index contributed by atoms with van der Waals surface area (Å²) >= 11 is 0. The minimum Gasteiger partial charge on any atom is -0.357 e. The van der Waals surface area contributed by atoms with E-state index in [9.17, 15) is 9.18 Å². The van der Waals surface area contributed by atoms with Gasteiger partial charge in [-0.05, 0) is 50.3 Å². The quantitative estimate of drug-likeness (QED) is 0.408. The number of hydrogen-bond donors (Lipinski definition) is 3. The highest BCUT2D eigenvalue weighted by Gasteiger charge is 2.20. The van der Waals surface area contributed by atoms with Crippen LogP contribution in [0.1, 0.15) is 35.7 Å². The van der Waals surface area contributed by atoms with E-state index in [-0.39, 0.29) is 11.7 Å². The van der Waals surface area contributed by atoms with Gasteiger partial charge in [0.15, 0.2) is 5.96 Å². The lowest BCUT2D eigenvalue weighted by Crippen LogP contribution is -2.41. The molecule has 6 heteroatoms. The topological polar surface area (TPSA) is 65.5 Å². The van der Waals surface area contributed by atoms with Gasteiger partial charge >= 0.3 is 0 Å². The van der Waals surface area contributed by atoms with E-state index in [1.165, 1.54) is 18.9 Å².